The Morgan fingerprint density at radius 3 is 2.00 bits per heavy atom. The summed E-state index contributed by atoms with van der Waals surface area (Å²) in [5.41, 5.74) is -0.748. The van der Waals surface area contributed by atoms with E-state index < -0.39 is 47.4 Å². The number of carbonyl (C=O) groups excluding carboxylic acids is 4. The molecule has 0 spiro atoms. The first kappa shape index (κ1) is 34.9. The number of unbranched alkanes of at least 4 members (excludes halogenated alkanes) is 1. The van der Waals surface area contributed by atoms with E-state index in [2.05, 4.69) is 17.2 Å². The van der Waals surface area contributed by atoms with Gasteiger partial charge in [0.2, 0.25) is 0 Å². The molecule has 12 heteroatoms. The molecule has 1 aromatic carbocycles. The van der Waals surface area contributed by atoms with Gasteiger partial charge >= 0.3 is 30.1 Å². The van der Waals surface area contributed by atoms with Crippen molar-refractivity contribution in [2.45, 2.75) is 96.9 Å². The molecule has 0 bridgehead atoms. The van der Waals surface area contributed by atoms with Crippen molar-refractivity contribution >= 4 is 30.1 Å². The highest BCUT2D eigenvalue weighted by Gasteiger charge is 2.26. The fraction of sp³-hybridized carbons (Fsp3) is 0.552. The zero-order valence-electron chi connectivity index (χ0n) is 24.6. The Morgan fingerprint density at radius 1 is 0.878 bits per heavy atom. The van der Waals surface area contributed by atoms with Gasteiger partial charge in [-0.1, -0.05) is 31.2 Å². The van der Waals surface area contributed by atoms with Crippen molar-refractivity contribution in [1.29, 1.82) is 0 Å². The van der Waals surface area contributed by atoms with E-state index in [0.29, 0.717) is 18.4 Å². The molecule has 0 fully saturated rings. The number of alkyl carbamates (subject to hydrolysis) is 1. The third-order valence-corrected chi connectivity index (χ3v) is 5.03. The number of carboxylic acids is 1. The average molecular weight is 579 g/mol. The van der Waals surface area contributed by atoms with Crippen LogP contribution >= 0.6 is 0 Å². The van der Waals surface area contributed by atoms with E-state index in [4.69, 9.17) is 18.9 Å². The number of carbonyl (C=O) groups is 5. The molecule has 1 rings (SSSR count). The lowest BCUT2D eigenvalue weighted by atomic mass is 10.1. The molecular weight excluding hydrogens is 536 g/mol. The third-order valence-electron chi connectivity index (χ3n) is 5.03. The number of hydrogen-bond acceptors (Lipinski definition) is 9. The van der Waals surface area contributed by atoms with Crippen molar-refractivity contribution in [1.82, 2.24) is 10.6 Å². The van der Waals surface area contributed by atoms with Crippen molar-refractivity contribution in [3.8, 4) is 5.75 Å². The maximum absolute atomic E-state index is 12.5. The number of ether oxygens (including phenoxy) is 4. The minimum absolute atomic E-state index is 0.0334. The summed E-state index contributed by atoms with van der Waals surface area (Å²) in [6.07, 6.45) is 0.730. The van der Waals surface area contributed by atoms with Crippen molar-refractivity contribution in [3.63, 3.8) is 0 Å². The highest BCUT2D eigenvalue weighted by Crippen LogP contribution is 2.16. The lowest BCUT2D eigenvalue weighted by Crippen LogP contribution is -2.45. The number of esters is 2. The summed E-state index contributed by atoms with van der Waals surface area (Å²) in [5.74, 6) is -2.16. The summed E-state index contributed by atoms with van der Waals surface area (Å²) in [6.45, 7) is 13.8. The summed E-state index contributed by atoms with van der Waals surface area (Å²) in [5, 5.41) is 14.3. The molecule has 0 aliphatic carbocycles. The van der Waals surface area contributed by atoms with Gasteiger partial charge in [-0.2, -0.15) is 0 Å². The minimum atomic E-state index is -1.23. The molecule has 41 heavy (non-hydrogen) atoms. The number of hydrogen-bond donors (Lipinski definition) is 3. The molecular formula is C29H42N2O10. The van der Waals surface area contributed by atoms with Gasteiger partial charge in [0.05, 0.1) is 0 Å². The molecule has 3 N–H and O–H groups in total. The van der Waals surface area contributed by atoms with Gasteiger partial charge in [0, 0.05) is 12.8 Å². The number of carboxylic acid groups (broad SMARTS) is 1. The Morgan fingerprint density at radius 2 is 1.46 bits per heavy atom. The number of aliphatic carboxylic acids is 1. The Kier molecular flexibility index (Phi) is 13.8. The van der Waals surface area contributed by atoms with E-state index in [1.165, 1.54) is 18.2 Å². The van der Waals surface area contributed by atoms with Crippen LogP contribution in [0.1, 0.15) is 72.8 Å². The van der Waals surface area contributed by atoms with Crippen LogP contribution in [0.2, 0.25) is 0 Å². The van der Waals surface area contributed by atoms with E-state index in [1.807, 2.05) is 0 Å². The van der Waals surface area contributed by atoms with Crippen LogP contribution in [-0.4, -0.2) is 65.1 Å². The van der Waals surface area contributed by atoms with Crippen LogP contribution in [0.15, 0.2) is 36.9 Å². The van der Waals surface area contributed by atoms with Crippen LogP contribution in [0.25, 0.3) is 0 Å². The SMILES string of the molecule is C=CCOC(=O)[C@H](Cc1ccc(OC(=O)N[C@@H](CCCCC(=O)OC(C)(C)C)C(=O)O)cc1)NC(=O)OC(C)(C)C. The molecule has 0 saturated carbocycles. The molecule has 2 atom stereocenters. The van der Waals surface area contributed by atoms with Gasteiger partial charge in [0.15, 0.2) is 0 Å². The van der Waals surface area contributed by atoms with Crippen molar-refractivity contribution < 1.29 is 48.0 Å². The quantitative estimate of drug-likeness (QED) is 0.125. The van der Waals surface area contributed by atoms with Gasteiger partial charge in [-0.15, -0.1) is 0 Å². The number of amides is 2. The maximum Gasteiger partial charge on any atom is 0.413 e. The normalized spacial score (nSPS) is 12.7. The highest BCUT2D eigenvalue weighted by molar-refractivity contribution is 5.82. The predicted molar refractivity (Wildman–Crippen MR) is 149 cm³/mol. The standard InChI is InChI=1S/C29H42N2O10/c1-8-17-38-25(35)22(31-27(37)41-29(5,6)7)18-19-13-15-20(16-14-19)39-26(36)30-21(24(33)34)11-9-10-12-23(32)40-28(2,3)4/h8,13-16,21-22H,1,9-12,17-18H2,2-7H3,(H,30,36)(H,31,37)(H,33,34)/t21-,22-/m0/s1. The second-order valence-electron chi connectivity index (χ2n) is 11.2. The fourth-order valence-electron chi connectivity index (χ4n) is 3.36. The molecule has 12 nitrogen and oxygen atoms in total. The summed E-state index contributed by atoms with van der Waals surface area (Å²) in [4.78, 5) is 60.4. The van der Waals surface area contributed by atoms with Crippen molar-refractivity contribution in [2.75, 3.05) is 6.61 Å². The van der Waals surface area contributed by atoms with Crippen LogP contribution in [0.5, 0.6) is 5.75 Å². The summed E-state index contributed by atoms with van der Waals surface area (Å²) < 4.78 is 20.7. The summed E-state index contributed by atoms with van der Waals surface area (Å²) in [7, 11) is 0. The minimum Gasteiger partial charge on any atom is -0.480 e. The van der Waals surface area contributed by atoms with E-state index in [9.17, 15) is 29.1 Å². The largest absolute Gasteiger partial charge is 0.480 e. The Labute approximate surface area is 240 Å². The molecule has 0 aliphatic rings. The topological polar surface area (TPSA) is 167 Å². The van der Waals surface area contributed by atoms with E-state index in [0.717, 1.165) is 0 Å². The second kappa shape index (κ2) is 16.2. The molecule has 0 saturated heterocycles. The molecule has 2 amide bonds. The van der Waals surface area contributed by atoms with Crippen LogP contribution in [0.4, 0.5) is 9.59 Å². The van der Waals surface area contributed by atoms with Gasteiger partial charge in [-0.3, -0.25) is 4.79 Å². The molecule has 0 aromatic heterocycles. The van der Waals surface area contributed by atoms with Gasteiger partial charge in [-0.05, 0) is 72.1 Å². The van der Waals surface area contributed by atoms with Crippen LogP contribution in [0.3, 0.4) is 0 Å². The molecule has 0 unspecified atom stereocenters. The zero-order valence-corrected chi connectivity index (χ0v) is 24.6. The lowest BCUT2D eigenvalue weighted by Gasteiger charge is -2.23. The van der Waals surface area contributed by atoms with Gasteiger partial charge in [-0.25, -0.2) is 19.2 Å². The van der Waals surface area contributed by atoms with E-state index in [-0.39, 0.29) is 37.6 Å². The number of nitrogens with one attached hydrogen (secondary N) is 2. The van der Waals surface area contributed by atoms with Crippen LogP contribution in [-0.2, 0) is 35.0 Å². The molecule has 0 aliphatic heterocycles. The summed E-state index contributed by atoms with van der Waals surface area (Å²) in [6, 6.07) is 3.83. The van der Waals surface area contributed by atoms with Crippen molar-refractivity contribution in [3.05, 3.63) is 42.5 Å². The lowest BCUT2D eigenvalue weighted by molar-refractivity contribution is -0.155. The molecule has 1 aromatic rings. The number of rotatable bonds is 14. The fourth-order valence-corrected chi connectivity index (χ4v) is 3.36. The van der Waals surface area contributed by atoms with Gasteiger partial charge in [0.1, 0.15) is 35.6 Å². The monoisotopic (exact) mass is 578 g/mol. The first-order chi connectivity index (χ1) is 19.0. The van der Waals surface area contributed by atoms with Gasteiger partial charge < -0.3 is 34.7 Å². The Bertz CT molecular complexity index is 1050. The first-order valence-electron chi connectivity index (χ1n) is 13.3. The summed E-state index contributed by atoms with van der Waals surface area (Å²) >= 11 is 0. The third kappa shape index (κ3) is 15.9. The van der Waals surface area contributed by atoms with Crippen LogP contribution < -0.4 is 15.4 Å². The van der Waals surface area contributed by atoms with E-state index >= 15 is 0 Å². The Balaban J connectivity index is 2.70. The molecule has 228 valence electrons. The number of benzene rings is 1. The molecule has 0 radical (unpaired) electrons. The Hall–Kier alpha value is -4.09. The second-order valence-corrected chi connectivity index (χ2v) is 11.2. The highest BCUT2D eigenvalue weighted by atomic mass is 16.6. The maximum atomic E-state index is 12.5. The zero-order chi connectivity index (χ0) is 31.2. The smallest absolute Gasteiger partial charge is 0.413 e. The van der Waals surface area contributed by atoms with Crippen LogP contribution in [0, 0.1) is 0 Å². The van der Waals surface area contributed by atoms with E-state index in [1.54, 1.807) is 53.7 Å². The predicted octanol–water partition coefficient (Wildman–Crippen LogP) is 4.30. The van der Waals surface area contributed by atoms with Gasteiger partial charge in [0.25, 0.3) is 0 Å². The van der Waals surface area contributed by atoms with Crippen molar-refractivity contribution in [2.24, 2.45) is 0 Å². The first-order valence-corrected chi connectivity index (χ1v) is 13.3. The molecule has 0 heterocycles. The average Bonchev–Trinajstić information content (AvgIpc) is 2.82.